The van der Waals surface area contributed by atoms with Gasteiger partial charge in [-0.3, -0.25) is 9.78 Å². The van der Waals surface area contributed by atoms with Gasteiger partial charge in [-0.2, -0.15) is 10.4 Å². The second kappa shape index (κ2) is 7.04. The number of nitrogens with zero attached hydrogens (tertiary/aromatic N) is 3. The Kier molecular flexibility index (Phi) is 4.80. The fourth-order valence-electron chi connectivity index (χ4n) is 3.15. The molecule has 2 heterocycles. The minimum Gasteiger partial charge on any atom is -0.478 e. The van der Waals surface area contributed by atoms with Gasteiger partial charge in [0.2, 0.25) is 0 Å². The van der Waals surface area contributed by atoms with E-state index in [2.05, 4.69) is 21.3 Å². The van der Waals surface area contributed by atoms with Crippen molar-refractivity contribution in [3.8, 4) is 11.8 Å². The fraction of sp³-hybridized carbons (Fsp3) is 0.444. The molecule has 0 bridgehead atoms. The van der Waals surface area contributed by atoms with Crippen molar-refractivity contribution >= 4 is 5.91 Å². The molecule has 1 aliphatic rings. The predicted molar refractivity (Wildman–Crippen MR) is 93.6 cm³/mol. The van der Waals surface area contributed by atoms with Crippen LogP contribution in [-0.4, -0.2) is 44.7 Å². The van der Waals surface area contributed by atoms with Gasteiger partial charge in [-0.25, -0.2) is 9.89 Å². The number of piperidine rings is 1. The van der Waals surface area contributed by atoms with Gasteiger partial charge in [0.15, 0.2) is 5.60 Å². The summed E-state index contributed by atoms with van der Waals surface area (Å²) in [5.41, 5.74) is -0.780. The number of hydrogen-bond acceptors (Lipinski definition) is 5. The zero-order valence-corrected chi connectivity index (χ0v) is 14.8. The third kappa shape index (κ3) is 3.77. The van der Waals surface area contributed by atoms with Crippen LogP contribution in [0.5, 0.6) is 5.75 Å². The summed E-state index contributed by atoms with van der Waals surface area (Å²) in [5, 5.41) is 15.2. The molecule has 1 aromatic heterocycles. The lowest BCUT2D eigenvalue weighted by atomic mass is 9.94. The summed E-state index contributed by atoms with van der Waals surface area (Å²) in [6.45, 7) is 4.65. The number of nitrogens with one attached hydrogen (secondary N) is 2. The van der Waals surface area contributed by atoms with Gasteiger partial charge >= 0.3 is 5.69 Å². The lowest BCUT2D eigenvalue weighted by Crippen LogP contribution is -2.51. The van der Waals surface area contributed by atoms with E-state index in [9.17, 15) is 9.59 Å². The zero-order valence-electron chi connectivity index (χ0n) is 14.8. The van der Waals surface area contributed by atoms with Crippen LogP contribution in [-0.2, 0) is 4.79 Å². The Morgan fingerprint density at radius 3 is 2.50 bits per heavy atom. The SMILES string of the molecule is CC(C)(Oc1ccc(C#N)cc1)C(=O)N1CCC(c2n[nH]c(=O)[nH]2)CC1. The second-order valence-electron chi connectivity index (χ2n) is 6.88. The largest absolute Gasteiger partial charge is 0.478 e. The topological polar surface area (TPSA) is 115 Å². The Morgan fingerprint density at radius 1 is 1.31 bits per heavy atom. The van der Waals surface area contributed by atoms with Crippen molar-refractivity contribution in [1.82, 2.24) is 20.1 Å². The monoisotopic (exact) mass is 355 g/mol. The summed E-state index contributed by atoms with van der Waals surface area (Å²) in [4.78, 5) is 28.5. The van der Waals surface area contributed by atoms with Crippen LogP contribution in [0.25, 0.3) is 0 Å². The van der Waals surface area contributed by atoms with Gasteiger partial charge in [0.25, 0.3) is 5.91 Å². The molecule has 0 radical (unpaired) electrons. The van der Waals surface area contributed by atoms with Crippen LogP contribution in [0.2, 0.25) is 0 Å². The Balaban J connectivity index is 1.61. The molecule has 1 aliphatic heterocycles. The average Bonchev–Trinajstić information content (AvgIpc) is 3.08. The number of nitriles is 1. The molecule has 1 amide bonds. The number of carbonyl (C=O) groups excluding carboxylic acids is 1. The van der Waals surface area contributed by atoms with Gasteiger partial charge in [-0.15, -0.1) is 0 Å². The molecule has 26 heavy (non-hydrogen) atoms. The second-order valence-corrected chi connectivity index (χ2v) is 6.88. The van der Waals surface area contributed by atoms with Crippen molar-refractivity contribution < 1.29 is 9.53 Å². The maximum Gasteiger partial charge on any atom is 0.340 e. The Labute approximate surface area is 150 Å². The van der Waals surface area contributed by atoms with Crippen LogP contribution in [0.3, 0.4) is 0 Å². The molecule has 0 atom stereocenters. The van der Waals surface area contributed by atoms with Gasteiger partial charge < -0.3 is 9.64 Å². The van der Waals surface area contributed by atoms with E-state index in [1.807, 2.05) is 0 Å². The van der Waals surface area contributed by atoms with E-state index in [0.717, 1.165) is 12.8 Å². The van der Waals surface area contributed by atoms with E-state index in [-0.39, 0.29) is 17.5 Å². The van der Waals surface area contributed by atoms with Crippen LogP contribution in [0.15, 0.2) is 29.1 Å². The summed E-state index contributed by atoms with van der Waals surface area (Å²) in [6.07, 6.45) is 1.47. The number of aromatic amines is 2. The highest BCUT2D eigenvalue weighted by atomic mass is 16.5. The van der Waals surface area contributed by atoms with E-state index < -0.39 is 5.60 Å². The van der Waals surface area contributed by atoms with Crippen molar-refractivity contribution in [3.05, 3.63) is 46.1 Å². The van der Waals surface area contributed by atoms with Crippen LogP contribution in [0, 0.1) is 11.3 Å². The number of ether oxygens (including phenoxy) is 1. The van der Waals surface area contributed by atoms with Crippen LogP contribution in [0.4, 0.5) is 0 Å². The number of hydrogen-bond donors (Lipinski definition) is 2. The first-order valence-corrected chi connectivity index (χ1v) is 8.52. The quantitative estimate of drug-likeness (QED) is 0.863. The Hall–Kier alpha value is -3.08. The van der Waals surface area contributed by atoms with Gasteiger partial charge in [0.05, 0.1) is 11.6 Å². The molecule has 0 saturated carbocycles. The Bertz CT molecular complexity index is 867. The number of carbonyl (C=O) groups is 1. The fourth-order valence-corrected chi connectivity index (χ4v) is 3.15. The molecule has 8 heteroatoms. The van der Waals surface area contributed by atoms with Gasteiger partial charge in [-0.1, -0.05) is 0 Å². The zero-order chi connectivity index (χ0) is 18.7. The van der Waals surface area contributed by atoms with Crippen LogP contribution in [0.1, 0.15) is 44.0 Å². The summed E-state index contributed by atoms with van der Waals surface area (Å²) >= 11 is 0. The maximum absolute atomic E-state index is 12.9. The van der Waals surface area contributed by atoms with Crippen molar-refractivity contribution in [2.75, 3.05) is 13.1 Å². The van der Waals surface area contributed by atoms with Gasteiger partial charge in [0, 0.05) is 19.0 Å². The van der Waals surface area contributed by atoms with E-state index >= 15 is 0 Å². The molecule has 0 spiro atoms. The smallest absolute Gasteiger partial charge is 0.340 e. The maximum atomic E-state index is 12.9. The van der Waals surface area contributed by atoms with Gasteiger partial charge in [0.1, 0.15) is 11.6 Å². The first kappa shape index (κ1) is 17.7. The third-order valence-electron chi connectivity index (χ3n) is 4.56. The molecule has 2 aromatic rings. The van der Waals surface area contributed by atoms with E-state index in [1.165, 1.54) is 0 Å². The van der Waals surface area contributed by atoms with Crippen molar-refractivity contribution in [2.24, 2.45) is 0 Å². The highest BCUT2D eigenvalue weighted by molar-refractivity contribution is 5.85. The summed E-state index contributed by atoms with van der Waals surface area (Å²) in [5.74, 6) is 1.25. The lowest BCUT2D eigenvalue weighted by Gasteiger charge is -2.36. The van der Waals surface area contributed by atoms with E-state index in [0.29, 0.717) is 30.2 Å². The normalized spacial score (nSPS) is 15.5. The highest BCUT2D eigenvalue weighted by Crippen LogP contribution is 2.27. The number of amides is 1. The molecule has 1 fully saturated rings. The number of aromatic nitrogens is 3. The molecule has 0 aliphatic carbocycles. The first-order valence-electron chi connectivity index (χ1n) is 8.52. The van der Waals surface area contributed by atoms with E-state index in [1.54, 1.807) is 43.0 Å². The minimum absolute atomic E-state index is 0.0872. The lowest BCUT2D eigenvalue weighted by molar-refractivity contribution is -0.146. The average molecular weight is 355 g/mol. The number of likely N-dealkylation sites (tertiary alicyclic amines) is 1. The molecule has 3 rings (SSSR count). The highest BCUT2D eigenvalue weighted by Gasteiger charge is 2.36. The van der Waals surface area contributed by atoms with Gasteiger partial charge in [-0.05, 0) is 51.0 Å². The standard InChI is InChI=1S/C18H21N5O3/c1-18(2,26-14-5-3-12(11-19)4-6-14)16(24)23-9-7-13(8-10-23)15-20-17(25)22-21-15/h3-6,13H,7-10H2,1-2H3,(H2,20,21,22,25). The number of rotatable bonds is 4. The van der Waals surface area contributed by atoms with E-state index in [4.69, 9.17) is 10.00 Å². The summed E-state index contributed by atoms with van der Waals surface area (Å²) < 4.78 is 5.87. The molecule has 2 N–H and O–H groups in total. The molecular weight excluding hydrogens is 334 g/mol. The first-order chi connectivity index (χ1) is 12.4. The predicted octanol–water partition coefficient (Wildman–Crippen LogP) is 1.53. The molecule has 8 nitrogen and oxygen atoms in total. The van der Waals surface area contributed by atoms with Crippen molar-refractivity contribution in [3.63, 3.8) is 0 Å². The van der Waals surface area contributed by atoms with Crippen molar-refractivity contribution in [1.29, 1.82) is 5.26 Å². The van der Waals surface area contributed by atoms with Crippen LogP contribution < -0.4 is 10.4 Å². The summed E-state index contributed by atoms with van der Waals surface area (Å²) in [7, 11) is 0. The summed E-state index contributed by atoms with van der Waals surface area (Å²) in [6, 6.07) is 8.74. The third-order valence-corrected chi connectivity index (χ3v) is 4.56. The molecule has 1 saturated heterocycles. The molecule has 0 unspecified atom stereocenters. The molecular formula is C18H21N5O3. The van der Waals surface area contributed by atoms with Crippen molar-refractivity contribution in [2.45, 2.75) is 38.2 Å². The molecule has 136 valence electrons. The Morgan fingerprint density at radius 2 is 1.96 bits per heavy atom. The number of benzene rings is 1. The minimum atomic E-state index is -1.01. The molecule has 1 aromatic carbocycles. The number of H-pyrrole nitrogens is 2. The van der Waals surface area contributed by atoms with Crippen LogP contribution >= 0.6 is 0 Å².